The van der Waals surface area contributed by atoms with Crippen molar-refractivity contribution in [2.75, 3.05) is 0 Å². The van der Waals surface area contributed by atoms with E-state index in [0.29, 0.717) is 6.54 Å². The van der Waals surface area contributed by atoms with Gasteiger partial charge in [0.05, 0.1) is 11.0 Å². The van der Waals surface area contributed by atoms with E-state index in [1.807, 2.05) is 31.2 Å². The van der Waals surface area contributed by atoms with Crippen LogP contribution >= 0.6 is 0 Å². The SMILES string of the molecule is CCn1c(=O)n(CC(=O)NC2CCCCC2)c2ccccc21. The zero-order valence-electron chi connectivity index (χ0n) is 13.0. The number of carbonyl (C=O) groups is 1. The van der Waals surface area contributed by atoms with Crippen molar-refractivity contribution in [3.63, 3.8) is 0 Å². The van der Waals surface area contributed by atoms with Gasteiger partial charge in [-0.25, -0.2) is 4.79 Å². The van der Waals surface area contributed by atoms with Crippen molar-refractivity contribution in [1.29, 1.82) is 0 Å². The Morgan fingerprint density at radius 3 is 2.41 bits per heavy atom. The fourth-order valence-electron chi connectivity index (χ4n) is 3.39. The van der Waals surface area contributed by atoms with Crippen LogP contribution in [0.4, 0.5) is 0 Å². The molecule has 0 saturated heterocycles. The molecule has 1 fully saturated rings. The van der Waals surface area contributed by atoms with Gasteiger partial charge in [-0.3, -0.25) is 13.9 Å². The number of aromatic nitrogens is 2. The van der Waals surface area contributed by atoms with Crippen molar-refractivity contribution < 1.29 is 4.79 Å². The molecule has 0 bridgehead atoms. The van der Waals surface area contributed by atoms with Crippen LogP contribution in [0.1, 0.15) is 39.0 Å². The van der Waals surface area contributed by atoms with E-state index >= 15 is 0 Å². The van der Waals surface area contributed by atoms with E-state index in [4.69, 9.17) is 0 Å². The van der Waals surface area contributed by atoms with Crippen molar-refractivity contribution >= 4 is 16.9 Å². The summed E-state index contributed by atoms with van der Waals surface area (Å²) < 4.78 is 3.29. The fourth-order valence-corrected chi connectivity index (χ4v) is 3.39. The minimum absolute atomic E-state index is 0.0620. The molecular formula is C17H23N3O2. The second kappa shape index (κ2) is 6.38. The maximum atomic E-state index is 12.5. The van der Waals surface area contributed by atoms with E-state index in [2.05, 4.69) is 5.32 Å². The van der Waals surface area contributed by atoms with Gasteiger partial charge in [-0.1, -0.05) is 31.4 Å². The van der Waals surface area contributed by atoms with Gasteiger partial charge in [0.15, 0.2) is 0 Å². The Morgan fingerprint density at radius 1 is 1.14 bits per heavy atom. The molecule has 2 aromatic rings. The summed E-state index contributed by atoms with van der Waals surface area (Å²) in [6.45, 7) is 2.65. The Kier molecular flexibility index (Phi) is 4.32. The maximum absolute atomic E-state index is 12.5. The second-order valence-electron chi connectivity index (χ2n) is 6.00. The summed E-state index contributed by atoms with van der Waals surface area (Å²) in [5.41, 5.74) is 1.61. The lowest BCUT2D eigenvalue weighted by Gasteiger charge is -2.22. The van der Waals surface area contributed by atoms with Gasteiger partial charge in [-0.15, -0.1) is 0 Å². The van der Waals surface area contributed by atoms with Crippen LogP contribution in [-0.4, -0.2) is 21.1 Å². The molecule has 1 aliphatic rings. The maximum Gasteiger partial charge on any atom is 0.329 e. The first kappa shape index (κ1) is 14.9. The molecule has 1 aliphatic carbocycles. The third kappa shape index (κ3) is 2.80. The average molecular weight is 301 g/mol. The number of amides is 1. The summed E-state index contributed by atoms with van der Waals surface area (Å²) >= 11 is 0. The van der Waals surface area contributed by atoms with E-state index in [9.17, 15) is 9.59 Å². The molecular weight excluding hydrogens is 278 g/mol. The van der Waals surface area contributed by atoms with Crippen molar-refractivity contribution in [2.45, 2.75) is 58.2 Å². The topological polar surface area (TPSA) is 56.0 Å². The Balaban J connectivity index is 1.82. The summed E-state index contributed by atoms with van der Waals surface area (Å²) in [6.07, 6.45) is 5.73. The summed E-state index contributed by atoms with van der Waals surface area (Å²) in [4.78, 5) is 24.8. The van der Waals surface area contributed by atoms with Gasteiger partial charge in [0.2, 0.25) is 5.91 Å². The van der Waals surface area contributed by atoms with Gasteiger partial charge in [0.1, 0.15) is 6.54 Å². The molecule has 1 heterocycles. The fraction of sp³-hybridized carbons (Fsp3) is 0.529. The Bertz CT molecular complexity index is 723. The summed E-state index contributed by atoms with van der Waals surface area (Å²) in [6, 6.07) is 7.92. The minimum Gasteiger partial charge on any atom is -0.352 e. The summed E-state index contributed by atoms with van der Waals surface area (Å²) in [5.74, 6) is -0.0620. The highest BCUT2D eigenvalue weighted by molar-refractivity contribution is 5.81. The quantitative estimate of drug-likeness (QED) is 0.942. The third-order valence-corrected chi connectivity index (χ3v) is 4.51. The van der Waals surface area contributed by atoms with Crippen LogP contribution in [0.25, 0.3) is 11.0 Å². The molecule has 1 N–H and O–H groups in total. The number of para-hydroxylation sites is 2. The number of carbonyl (C=O) groups excluding carboxylic acids is 1. The minimum atomic E-state index is -0.109. The highest BCUT2D eigenvalue weighted by atomic mass is 16.2. The number of aryl methyl sites for hydroxylation is 1. The van der Waals surface area contributed by atoms with Crippen LogP contribution in [0.3, 0.4) is 0 Å². The van der Waals surface area contributed by atoms with Crippen LogP contribution in [0.5, 0.6) is 0 Å². The van der Waals surface area contributed by atoms with Gasteiger partial charge in [-0.2, -0.15) is 0 Å². The van der Waals surface area contributed by atoms with Gasteiger partial charge >= 0.3 is 5.69 Å². The van der Waals surface area contributed by atoms with Crippen LogP contribution in [0.2, 0.25) is 0 Å². The monoisotopic (exact) mass is 301 g/mol. The lowest BCUT2D eigenvalue weighted by molar-refractivity contribution is -0.122. The summed E-state index contributed by atoms with van der Waals surface area (Å²) in [5, 5.41) is 3.08. The standard InChI is InChI=1S/C17H23N3O2/c1-2-19-14-10-6-7-11-15(14)20(17(19)22)12-16(21)18-13-8-4-3-5-9-13/h6-7,10-11,13H,2-5,8-9,12H2,1H3,(H,18,21). The normalized spacial score (nSPS) is 16.0. The largest absolute Gasteiger partial charge is 0.352 e. The average Bonchev–Trinajstić information content (AvgIpc) is 2.80. The van der Waals surface area contributed by atoms with E-state index in [1.54, 1.807) is 9.13 Å². The summed E-state index contributed by atoms with van der Waals surface area (Å²) in [7, 11) is 0. The van der Waals surface area contributed by atoms with Crippen molar-refractivity contribution in [3.05, 3.63) is 34.7 Å². The molecule has 0 aliphatic heterocycles. The van der Waals surface area contributed by atoms with E-state index in [0.717, 1.165) is 23.9 Å². The molecule has 0 radical (unpaired) electrons. The smallest absolute Gasteiger partial charge is 0.329 e. The molecule has 5 heteroatoms. The van der Waals surface area contributed by atoms with Crippen LogP contribution in [-0.2, 0) is 17.9 Å². The van der Waals surface area contributed by atoms with Gasteiger partial charge in [0.25, 0.3) is 0 Å². The number of imidazole rings is 1. The number of rotatable bonds is 4. The first-order valence-electron chi connectivity index (χ1n) is 8.18. The molecule has 1 aromatic heterocycles. The number of benzene rings is 1. The number of hydrogen-bond donors (Lipinski definition) is 1. The van der Waals surface area contributed by atoms with Crippen LogP contribution in [0.15, 0.2) is 29.1 Å². The molecule has 1 saturated carbocycles. The Hall–Kier alpha value is -2.04. The number of fused-ring (bicyclic) bond motifs is 1. The molecule has 118 valence electrons. The first-order chi connectivity index (χ1) is 10.7. The molecule has 0 spiro atoms. The van der Waals surface area contributed by atoms with Crippen molar-refractivity contribution in [2.24, 2.45) is 0 Å². The lowest BCUT2D eigenvalue weighted by Crippen LogP contribution is -2.40. The van der Waals surface area contributed by atoms with Gasteiger partial charge in [0, 0.05) is 12.6 Å². The van der Waals surface area contributed by atoms with Gasteiger partial charge < -0.3 is 5.32 Å². The number of hydrogen-bond acceptors (Lipinski definition) is 2. The zero-order chi connectivity index (χ0) is 15.5. The Morgan fingerprint density at radius 2 is 1.77 bits per heavy atom. The molecule has 5 nitrogen and oxygen atoms in total. The molecule has 0 atom stereocenters. The van der Waals surface area contributed by atoms with E-state index in [-0.39, 0.29) is 24.2 Å². The lowest BCUT2D eigenvalue weighted by atomic mass is 9.95. The van der Waals surface area contributed by atoms with Crippen LogP contribution < -0.4 is 11.0 Å². The van der Waals surface area contributed by atoms with Crippen molar-refractivity contribution in [1.82, 2.24) is 14.5 Å². The predicted molar refractivity (Wildman–Crippen MR) is 86.9 cm³/mol. The molecule has 0 unspecified atom stereocenters. The highest BCUT2D eigenvalue weighted by Crippen LogP contribution is 2.17. The third-order valence-electron chi connectivity index (χ3n) is 4.51. The number of nitrogens with one attached hydrogen (secondary N) is 1. The molecule has 22 heavy (non-hydrogen) atoms. The van der Waals surface area contributed by atoms with Crippen LogP contribution in [0, 0.1) is 0 Å². The van der Waals surface area contributed by atoms with E-state index < -0.39 is 0 Å². The molecule has 1 amide bonds. The highest BCUT2D eigenvalue weighted by Gasteiger charge is 2.18. The first-order valence-corrected chi connectivity index (χ1v) is 8.18. The second-order valence-corrected chi connectivity index (χ2v) is 6.00. The molecule has 1 aromatic carbocycles. The van der Waals surface area contributed by atoms with E-state index in [1.165, 1.54) is 19.3 Å². The Labute approximate surface area is 129 Å². The van der Waals surface area contributed by atoms with Crippen molar-refractivity contribution in [3.8, 4) is 0 Å². The predicted octanol–water partition coefficient (Wildman–Crippen LogP) is 2.27. The zero-order valence-corrected chi connectivity index (χ0v) is 13.0. The number of nitrogens with zero attached hydrogens (tertiary/aromatic N) is 2. The van der Waals surface area contributed by atoms with Gasteiger partial charge in [-0.05, 0) is 31.9 Å². The molecule has 3 rings (SSSR count).